The second-order valence-corrected chi connectivity index (χ2v) is 4.96. The standard InChI is InChI=1S/C10H14BrN3/c1-6-3-9(7(6)2)14-10-12-4-8(11)5-13-10/h4-7,9H,3H2,1-2H3,(H,12,13,14). The molecule has 1 N–H and O–H groups in total. The van der Waals surface area contributed by atoms with E-state index in [9.17, 15) is 0 Å². The van der Waals surface area contributed by atoms with Crippen LogP contribution in [0.3, 0.4) is 0 Å². The van der Waals surface area contributed by atoms with E-state index in [0.717, 1.165) is 22.3 Å². The third kappa shape index (κ3) is 1.90. The van der Waals surface area contributed by atoms with Crippen LogP contribution >= 0.6 is 15.9 Å². The van der Waals surface area contributed by atoms with Crippen molar-refractivity contribution < 1.29 is 0 Å². The van der Waals surface area contributed by atoms with E-state index in [1.54, 1.807) is 12.4 Å². The summed E-state index contributed by atoms with van der Waals surface area (Å²) < 4.78 is 0.915. The summed E-state index contributed by atoms with van der Waals surface area (Å²) in [6, 6.07) is 0.547. The molecule has 1 aliphatic rings. The van der Waals surface area contributed by atoms with Crippen molar-refractivity contribution in [2.45, 2.75) is 26.3 Å². The average Bonchev–Trinajstić information content (AvgIpc) is 2.20. The summed E-state index contributed by atoms with van der Waals surface area (Å²) in [4.78, 5) is 8.38. The second-order valence-electron chi connectivity index (χ2n) is 4.05. The minimum absolute atomic E-state index is 0.547. The Balaban J connectivity index is 1.95. The van der Waals surface area contributed by atoms with Gasteiger partial charge in [0.1, 0.15) is 0 Å². The first-order valence-corrected chi connectivity index (χ1v) is 5.70. The number of nitrogens with zero attached hydrogens (tertiary/aromatic N) is 2. The quantitative estimate of drug-likeness (QED) is 0.884. The summed E-state index contributed by atoms with van der Waals surface area (Å²) in [6.07, 6.45) is 4.75. The predicted octanol–water partition coefficient (Wildman–Crippen LogP) is 2.70. The van der Waals surface area contributed by atoms with Crippen LogP contribution in [0.4, 0.5) is 5.95 Å². The van der Waals surface area contributed by atoms with Crippen LogP contribution in [0.2, 0.25) is 0 Å². The summed E-state index contributed by atoms with van der Waals surface area (Å²) in [5.74, 6) is 2.28. The highest BCUT2D eigenvalue weighted by atomic mass is 79.9. The highest BCUT2D eigenvalue weighted by molar-refractivity contribution is 9.10. The van der Waals surface area contributed by atoms with Crippen LogP contribution < -0.4 is 5.32 Å². The van der Waals surface area contributed by atoms with Gasteiger partial charge in [-0.2, -0.15) is 0 Å². The Kier molecular flexibility index (Phi) is 2.72. The maximum atomic E-state index is 4.19. The van der Waals surface area contributed by atoms with Crippen molar-refractivity contribution in [2.75, 3.05) is 5.32 Å². The molecule has 1 saturated carbocycles. The van der Waals surface area contributed by atoms with E-state index in [4.69, 9.17) is 0 Å². The van der Waals surface area contributed by atoms with E-state index in [-0.39, 0.29) is 0 Å². The average molecular weight is 256 g/mol. The molecule has 0 spiro atoms. The summed E-state index contributed by atoms with van der Waals surface area (Å²) in [5, 5.41) is 3.34. The summed E-state index contributed by atoms with van der Waals surface area (Å²) in [5.41, 5.74) is 0. The van der Waals surface area contributed by atoms with E-state index in [1.165, 1.54) is 6.42 Å². The van der Waals surface area contributed by atoms with Gasteiger partial charge in [0.15, 0.2) is 0 Å². The van der Waals surface area contributed by atoms with Crippen LogP contribution in [-0.2, 0) is 0 Å². The zero-order valence-corrected chi connectivity index (χ0v) is 9.95. The van der Waals surface area contributed by atoms with Gasteiger partial charge in [-0.1, -0.05) is 13.8 Å². The lowest BCUT2D eigenvalue weighted by Gasteiger charge is -2.41. The summed E-state index contributed by atoms with van der Waals surface area (Å²) >= 11 is 3.31. The molecule has 3 atom stereocenters. The molecule has 14 heavy (non-hydrogen) atoms. The fourth-order valence-corrected chi connectivity index (χ4v) is 1.98. The van der Waals surface area contributed by atoms with Crippen molar-refractivity contribution in [3.8, 4) is 0 Å². The zero-order chi connectivity index (χ0) is 10.1. The number of hydrogen-bond acceptors (Lipinski definition) is 3. The molecule has 0 bridgehead atoms. The van der Waals surface area contributed by atoms with Gasteiger partial charge in [-0.3, -0.25) is 0 Å². The fourth-order valence-electron chi connectivity index (χ4n) is 1.77. The molecule has 1 heterocycles. The number of rotatable bonds is 2. The normalized spacial score (nSPS) is 30.9. The first-order valence-electron chi connectivity index (χ1n) is 4.91. The van der Waals surface area contributed by atoms with Crippen molar-refractivity contribution in [3.05, 3.63) is 16.9 Å². The number of nitrogens with one attached hydrogen (secondary N) is 1. The zero-order valence-electron chi connectivity index (χ0n) is 8.37. The van der Waals surface area contributed by atoms with Crippen LogP contribution in [0.15, 0.2) is 16.9 Å². The number of halogens is 1. The van der Waals surface area contributed by atoms with Crippen molar-refractivity contribution in [2.24, 2.45) is 11.8 Å². The van der Waals surface area contributed by atoms with E-state index >= 15 is 0 Å². The summed E-state index contributed by atoms with van der Waals surface area (Å²) in [6.45, 7) is 4.55. The van der Waals surface area contributed by atoms with Crippen molar-refractivity contribution in [1.29, 1.82) is 0 Å². The topological polar surface area (TPSA) is 37.8 Å². The molecule has 2 rings (SSSR count). The Labute approximate surface area is 92.5 Å². The Morgan fingerprint density at radius 3 is 2.50 bits per heavy atom. The van der Waals surface area contributed by atoms with Gasteiger partial charge in [0.25, 0.3) is 0 Å². The third-order valence-electron chi connectivity index (χ3n) is 3.09. The van der Waals surface area contributed by atoms with E-state index in [0.29, 0.717) is 6.04 Å². The minimum Gasteiger partial charge on any atom is -0.351 e. The molecule has 1 aromatic heterocycles. The van der Waals surface area contributed by atoms with Gasteiger partial charge in [-0.25, -0.2) is 9.97 Å². The van der Waals surface area contributed by atoms with Gasteiger partial charge in [-0.05, 0) is 34.2 Å². The van der Waals surface area contributed by atoms with E-state index < -0.39 is 0 Å². The van der Waals surface area contributed by atoms with Crippen molar-refractivity contribution in [1.82, 2.24) is 9.97 Å². The molecule has 76 valence electrons. The Morgan fingerprint density at radius 2 is 2.00 bits per heavy atom. The van der Waals surface area contributed by atoms with Gasteiger partial charge in [0, 0.05) is 18.4 Å². The number of aromatic nitrogens is 2. The highest BCUT2D eigenvalue weighted by Crippen LogP contribution is 2.35. The lowest BCUT2D eigenvalue weighted by molar-refractivity contribution is 0.188. The molecule has 0 aliphatic heterocycles. The molecule has 1 fully saturated rings. The number of hydrogen-bond donors (Lipinski definition) is 1. The molecular weight excluding hydrogens is 242 g/mol. The molecule has 0 saturated heterocycles. The van der Waals surface area contributed by atoms with Crippen LogP contribution in [-0.4, -0.2) is 16.0 Å². The van der Waals surface area contributed by atoms with Crippen LogP contribution in [0.5, 0.6) is 0 Å². The SMILES string of the molecule is CC1CC(Nc2ncc(Br)cn2)C1C. The van der Waals surface area contributed by atoms with E-state index in [1.807, 2.05) is 0 Å². The molecule has 3 nitrogen and oxygen atoms in total. The molecule has 4 heteroatoms. The molecule has 3 unspecified atom stereocenters. The third-order valence-corrected chi connectivity index (χ3v) is 3.50. The maximum Gasteiger partial charge on any atom is 0.222 e. The van der Waals surface area contributed by atoms with Gasteiger partial charge in [0.05, 0.1) is 4.47 Å². The Hall–Kier alpha value is -0.640. The minimum atomic E-state index is 0.547. The van der Waals surface area contributed by atoms with Crippen LogP contribution in [0.25, 0.3) is 0 Å². The van der Waals surface area contributed by atoms with Crippen LogP contribution in [0.1, 0.15) is 20.3 Å². The number of anilines is 1. The first kappa shape index (κ1) is 9.90. The second kappa shape index (κ2) is 3.85. The first-order chi connectivity index (χ1) is 6.66. The highest BCUT2D eigenvalue weighted by Gasteiger charge is 2.34. The Morgan fingerprint density at radius 1 is 1.36 bits per heavy atom. The van der Waals surface area contributed by atoms with Gasteiger partial charge >= 0.3 is 0 Å². The molecule has 1 aliphatic carbocycles. The predicted molar refractivity (Wildman–Crippen MR) is 60.1 cm³/mol. The molecule has 0 amide bonds. The Bertz CT molecular complexity index is 312. The molecule has 1 aromatic rings. The lowest BCUT2D eigenvalue weighted by atomic mass is 9.71. The fraction of sp³-hybridized carbons (Fsp3) is 0.600. The van der Waals surface area contributed by atoms with E-state index in [2.05, 4.69) is 45.1 Å². The van der Waals surface area contributed by atoms with Gasteiger partial charge in [0.2, 0.25) is 5.95 Å². The molecular formula is C10H14BrN3. The van der Waals surface area contributed by atoms with Gasteiger partial charge in [-0.15, -0.1) is 0 Å². The largest absolute Gasteiger partial charge is 0.351 e. The van der Waals surface area contributed by atoms with Gasteiger partial charge < -0.3 is 5.32 Å². The van der Waals surface area contributed by atoms with Crippen LogP contribution in [0, 0.1) is 11.8 Å². The summed E-state index contributed by atoms with van der Waals surface area (Å²) in [7, 11) is 0. The van der Waals surface area contributed by atoms with Crippen molar-refractivity contribution in [3.63, 3.8) is 0 Å². The van der Waals surface area contributed by atoms with Crippen molar-refractivity contribution >= 4 is 21.9 Å². The smallest absolute Gasteiger partial charge is 0.222 e. The monoisotopic (exact) mass is 255 g/mol. The maximum absolute atomic E-state index is 4.19. The molecule has 0 aromatic carbocycles. The lowest BCUT2D eigenvalue weighted by Crippen LogP contribution is -2.43. The molecule has 0 radical (unpaired) electrons.